The summed E-state index contributed by atoms with van der Waals surface area (Å²) in [6, 6.07) is 19.3. The number of nitrogens with zero attached hydrogens (tertiary/aromatic N) is 3. The molecular weight excluding hydrogens is 386 g/mol. The van der Waals surface area contributed by atoms with Gasteiger partial charge in [0.1, 0.15) is 0 Å². The van der Waals surface area contributed by atoms with Gasteiger partial charge in [0.2, 0.25) is 0 Å². The van der Waals surface area contributed by atoms with Gasteiger partial charge in [0, 0.05) is 68.5 Å². The summed E-state index contributed by atoms with van der Waals surface area (Å²) >= 11 is 0. The highest BCUT2D eigenvalue weighted by atomic mass is 16.5. The zero-order chi connectivity index (χ0) is 21.8. The van der Waals surface area contributed by atoms with Crippen LogP contribution in [-0.4, -0.2) is 66.1 Å². The van der Waals surface area contributed by atoms with Crippen molar-refractivity contribution in [2.45, 2.75) is 32.5 Å². The number of hydrogen-bond acceptors (Lipinski definition) is 4. The summed E-state index contributed by atoms with van der Waals surface area (Å²) in [5.41, 5.74) is 3.26. The quantitative estimate of drug-likeness (QED) is 0.512. The Kier molecular flexibility index (Phi) is 6.86. The number of carbonyl (C=O) groups is 1. The van der Waals surface area contributed by atoms with Crippen molar-refractivity contribution in [1.29, 1.82) is 0 Å². The molecule has 2 aromatic carbocycles. The number of ether oxygens (including phenoxy) is 1. The number of Topliss-reactive ketones (excluding diaryl/α,β-unsaturated/α-hetero) is 1. The normalized spacial score (nSPS) is 17.6. The zero-order valence-electron chi connectivity index (χ0n) is 18.8. The van der Waals surface area contributed by atoms with Crippen molar-refractivity contribution in [3.63, 3.8) is 0 Å². The molecule has 5 nitrogen and oxygen atoms in total. The summed E-state index contributed by atoms with van der Waals surface area (Å²) in [4.78, 5) is 17.1. The average Bonchev–Trinajstić information content (AvgIpc) is 3.18. The van der Waals surface area contributed by atoms with Gasteiger partial charge in [-0.15, -0.1) is 0 Å². The van der Waals surface area contributed by atoms with E-state index < -0.39 is 0 Å². The first-order chi connectivity index (χ1) is 15.1. The second-order valence-electron chi connectivity index (χ2n) is 8.55. The molecule has 0 saturated carbocycles. The lowest BCUT2D eigenvalue weighted by Gasteiger charge is -2.39. The summed E-state index contributed by atoms with van der Waals surface area (Å²) in [5.74, 6) is 0.104. The molecule has 1 aliphatic heterocycles. The molecule has 2 unspecified atom stereocenters. The predicted molar refractivity (Wildman–Crippen MR) is 126 cm³/mol. The molecule has 2 heterocycles. The molecule has 4 rings (SSSR count). The maximum Gasteiger partial charge on any atom is 0.161 e. The standard InChI is InChI=1S/C26H33N3O2/c1-20(22-9-5-4-6-10-22)28-15-13-27(14-16-28)17-23(31-3)18-29-19-25(21(2)30)24-11-7-8-12-26(24)29/h4-12,19-20,23H,13-18H2,1-3H3. The Morgan fingerprint density at radius 1 is 0.968 bits per heavy atom. The van der Waals surface area contributed by atoms with E-state index in [0.29, 0.717) is 6.04 Å². The number of rotatable bonds is 8. The number of ketones is 1. The van der Waals surface area contributed by atoms with E-state index >= 15 is 0 Å². The van der Waals surface area contributed by atoms with E-state index in [1.54, 1.807) is 14.0 Å². The smallest absolute Gasteiger partial charge is 0.161 e. The fourth-order valence-corrected chi connectivity index (χ4v) is 4.67. The van der Waals surface area contributed by atoms with Gasteiger partial charge in [-0.05, 0) is 25.5 Å². The molecule has 5 heteroatoms. The summed E-state index contributed by atoms with van der Waals surface area (Å²) in [7, 11) is 1.79. The van der Waals surface area contributed by atoms with Crippen LogP contribution >= 0.6 is 0 Å². The van der Waals surface area contributed by atoms with E-state index in [1.807, 2.05) is 24.4 Å². The maximum absolute atomic E-state index is 12.1. The Balaban J connectivity index is 1.38. The van der Waals surface area contributed by atoms with Gasteiger partial charge < -0.3 is 9.30 Å². The van der Waals surface area contributed by atoms with Gasteiger partial charge >= 0.3 is 0 Å². The lowest BCUT2D eigenvalue weighted by Crippen LogP contribution is -2.49. The highest BCUT2D eigenvalue weighted by molar-refractivity contribution is 6.06. The lowest BCUT2D eigenvalue weighted by molar-refractivity contribution is 0.0275. The monoisotopic (exact) mass is 419 g/mol. The number of methoxy groups -OCH3 is 1. The van der Waals surface area contributed by atoms with Crippen molar-refractivity contribution in [1.82, 2.24) is 14.4 Å². The van der Waals surface area contributed by atoms with Crippen molar-refractivity contribution in [2.75, 3.05) is 39.8 Å². The number of fused-ring (bicyclic) bond motifs is 1. The highest BCUT2D eigenvalue weighted by Gasteiger charge is 2.24. The molecule has 1 saturated heterocycles. The second kappa shape index (κ2) is 9.77. The molecule has 1 aliphatic rings. The van der Waals surface area contributed by atoms with Gasteiger partial charge in [-0.2, -0.15) is 0 Å². The minimum Gasteiger partial charge on any atom is -0.378 e. The Hall–Kier alpha value is -2.47. The van der Waals surface area contributed by atoms with Crippen LogP contribution in [0.3, 0.4) is 0 Å². The van der Waals surface area contributed by atoms with Crippen LogP contribution in [0.25, 0.3) is 10.9 Å². The molecule has 0 amide bonds. The van der Waals surface area contributed by atoms with Gasteiger partial charge in [-0.25, -0.2) is 0 Å². The number of piperazine rings is 1. The summed E-state index contributed by atoms with van der Waals surface area (Å²) < 4.78 is 8.03. The summed E-state index contributed by atoms with van der Waals surface area (Å²) in [6.07, 6.45) is 2.06. The van der Waals surface area contributed by atoms with Crippen molar-refractivity contribution >= 4 is 16.7 Å². The van der Waals surface area contributed by atoms with E-state index in [1.165, 1.54) is 5.56 Å². The Bertz CT molecular complexity index is 1010. The highest BCUT2D eigenvalue weighted by Crippen LogP contribution is 2.24. The van der Waals surface area contributed by atoms with Crippen LogP contribution in [0.5, 0.6) is 0 Å². The molecule has 0 spiro atoms. The van der Waals surface area contributed by atoms with Crippen LogP contribution < -0.4 is 0 Å². The summed E-state index contributed by atoms with van der Waals surface area (Å²) in [5, 5.41) is 1.02. The van der Waals surface area contributed by atoms with E-state index in [-0.39, 0.29) is 11.9 Å². The van der Waals surface area contributed by atoms with Gasteiger partial charge in [0.05, 0.1) is 12.6 Å². The van der Waals surface area contributed by atoms with E-state index in [0.717, 1.165) is 55.7 Å². The van der Waals surface area contributed by atoms with Crippen LogP contribution in [0, 0.1) is 0 Å². The largest absolute Gasteiger partial charge is 0.378 e. The van der Waals surface area contributed by atoms with Crippen molar-refractivity contribution < 1.29 is 9.53 Å². The van der Waals surface area contributed by atoms with E-state index in [2.05, 4.69) is 57.7 Å². The van der Waals surface area contributed by atoms with Crippen LogP contribution in [0.15, 0.2) is 60.8 Å². The Morgan fingerprint density at radius 2 is 1.65 bits per heavy atom. The third kappa shape index (κ3) is 4.90. The molecule has 0 N–H and O–H groups in total. The molecule has 3 aromatic rings. The second-order valence-corrected chi connectivity index (χ2v) is 8.55. The Morgan fingerprint density at radius 3 is 2.32 bits per heavy atom. The maximum atomic E-state index is 12.1. The minimum atomic E-state index is 0.0775. The van der Waals surface area contributed by atoms with Crippen molar-refractivity contribution in [2.24, 2.45) is 0 Å². The number of carbonyl (C=O) groups excluding carboxylic acids is 1. The molecule has 1 fully saturated rings. The van der Waals surface area contributed by atoms with Crippen LogP contribution in [0.1, 0.15) is 35.8 Å². The number of para-hydroxylation sites is 1. The lowest BCUT2D eigenvalue weighted by atomic mass is 10.1. The van der Waals surface area contributed by atoms with E-state index in [4.69, 9.17) is 4.74 Å². The van der Waals surface area contributed by atoms with Crippen LogP contribution in [0.2, 0.25) is 0 Å². The van der Waals surface area contributed by atoms with Crippen LogP contribution in [-0.2, 0) is 11.3 Å². The molecule has 164 valence electrons. The van der Waals surface area contributed by atoms with Crippen molar-refractivity contribution in [3.8, 4) is 0 Å². The number of benzene rings is 2. The SMILES string of the molecule is COC(CN1CCN(C(C)c2ccccc2)CC1)Cn1cc(C(C)=O)c2ccccc21. The first-order valence-corrected chi connectivity index (χ1v) is 11.2. The van der Waals surface area contributed by atoms with E-state index in [9.17, 15) is 4.79 Å². The third-order valence-electron chi connectivity index (χ3n) is 6.60. The summed E-state index contributed by atoms with van der Waals surface area (Å²) in [6.45, 7) is 9.78. The number of hydrogen-bond donors (Lipinski definition) is 0. The van der Waals surface area contributed by atoms with Gasteiger partial charge in [0.25, 0.3) is 0 Å². The number of aromatic nitrogens is 1. The zero-order valence-corrected chi connectivity index (χ0v) is 18.8. The average molecular weight is 420 g/mol. The van der Waals surface area contributed by atoms with Gasteiger partial charge in [0.15, 0.2) is 5.78 Å². The first kappa shape index (κ1) is 21.8. The third-order valence-corrected chi connectivity index (χ3v) is 6.60. The Labute approximate surface area is 185 Å². The van der Waals surface area contributed by atoms with Gasteiger partial charge in [-0.1, -0.05) is 48.5 Å². The molecule has 0 radical (unpaired) electrons. The molecule has 0 bridgehead atoms. The molecular formula is C26H33N3O2. The van der Waals surface area contributed by atoms with Crippen LogP contribution in [0.4, 0.5) is 0 Å². The topological polar surface area (TPSA) is 37.7 Å². The molecule has 31 heavy (non-hydrogen) atoms. The fraction of sp³-hybridized carbons (Fsp3) is 0.423. The van der Waals surface area contributed by atoms with Crippen molar-refractivity contribution in [3.05, 3.63) is 71.9 Å². The molecule has 1 aromatic heterocycles. The first-order valence-electron chi connectivity index (χ1n) is 11.2. The minimum absolute atomic E-state index is 0.0775. The molecule has 0 aliphatic carbocycles. The molecule has 2 atom stereocenters. The van der Waals surface area contributed by atoms with Gasteiger partial charge in [-0.3, -0.25) is 14.6 Å². The predicted octanol–water partition coefficient (Wildman–Crippen LogP) is 4.24. The fourth-order valence-electron chi connectivity index (χ4n) is 4.67.